The van der Waals surface area contributed by atoms with Crippen LogP contribution in [-0.2, 0) is 4.79 Å². The maximum absolute atomic E-state index is 12.4. The van der Waals surface area contributed by atoms with Crippen molar-refractivity contribution in [3.05, 3.63) is 0 Å². The molecule has 1 aliphatic carbocycles. The molecule has 0 aromatic heterocycles. The molecule has 0 spiro atoms. The molecule has 2 rings (SSSR count). The highest BCUT2D eigenvalue weighted by Crippen LogP contribution is 2.22. The summed E-state index contributed by atoms with van der Waals surface area (Å²) in [6, 6.07) is 0.498. The number of likely N-dealkylation sites (tertiary alicyclic amines) is 1. The summed E-state index contributed by atoms with van der Waals surface area (Å²) in [5.41, 5.74) is 0. The number of hydrogen-bond acceptors (Lipinski definition) is 3. The van der Waals surface area contributed by atoms with Crippen LogP contribution in [0.3, 0.4) is 0 Å². The van der Waals surface area contributed by atoms with Crippen molar-refractivity contribution >= 4 is 18.3 Å². The van der Waals surface area contributed by atoms with Gasteiger partial charge in [-0.05, 0) is 58.3 Å². The number of nitrogens with zero attached hydrogens (tertiary/aromatic N) is 2. The van der Waals surface area contributed by atoms with Crippen molar-refractivity contribution in [2.24, 2.45) is 5.92 Å². The van der Waals surface area contributed by atoms with E-state index in [0.717, 1.165) is 25.6 Å². The lowest BCUT2D eigenvalue weighted by molar-refractivity contribution is -0.134. The van der Waals surface area contributed by atoms with E-state index in [4.69, 9.17) is 0 Å². The van der Waals surface area contributed by atoms with Gasteiger partial charge in [0, 0.05) is 13.1 Å². The van der Waals surface area contributed by atoms with Gasteiger partial charge in [0.05, 0.1) is 6.54 Å². The standard InChI is InChI=1S/C16H31N3O.ClH/c1-17-12-14-8-10-19(11-9-14)13-16(20)18(2)15-6-4-3-5-7-15;/h14-15,17H,3-13H2,1-2H3;1H. The monoisotopic (exact) mass is 317 g/mol. The maximum atomic E-state index is 12.4. The van der Waals surface area contributed by atoms with E-state index in [0.29, 0.717) is 18.5 Å². The minimum Gasteiger partial charge on any atom is -0.342 e. The van der Waals surface area contributed by atoms with E-state index < -0.39 is 0 Å². The molecule has 0 aromatic rings. The second-order valence-electron chi connectivity index (χ2n) is 6.57. The third-order valence-electron chi connectivity index (χ3n) is 5.07. The predicted octanol–water partition coefficient (Wildman–Crippen LogP) is 2.13. The van der Waals surface area contributed by atoms with E-state index in [1.807, 2.05) is 19.0 Å². The third kappa shape index (κ3) is 5.76. The van der Waals surface area contributed by atoms with Gasteiger partial charge in [-0.2, -0.15) is 0 Å². The van der Waals surface area contributed by atoms with Crippen molar-refractivity contribution in [3.63, 3.8) is 0 Å². The Morgan fingerprint density at radius 3 is 2.33 bits per heavy atom. The molecule has 124 valence electrons. The molecule has 2 fully saturated rings. The Balaban J connectivity index is 0.00000220. The number of hydrogen-bond donors (Lipinski definition) is 1. The number of nitrogens with one attached hydrogen (secondary N) is 1. The van der Waals surface area contributed by atoms with Crippen LogP contribution in [0.4, 0.5) is 0 Å². The molecule has 1 aliphatic heterocycles. The Bertz CT molecular complexity index is 300. The molecule has 5 heteroatoms. The summed E-state index contributed by atoms with van der Waals surface area (Å²) in [4.78, 5) is 16.8. The molecule has 21 heavy (non-hydrogen) atoms. The van der Waals surface area contributed by atoms with Crippen molar-refractivity contribution in [1.29, 1.82) is 0 Å². The van der Waals surface area contributed by atoms with E-state index in [1.165, 1.54) is 44.9 Å². The van der Waals surface area contributed by atoms with E-state index in [-0.39, 0.29) is 12.4 Å². The minimum atomic E-state index is 0. The van der Waals surface area contributed by atoms with Gasteiger partial charge in [-0.15, -0.1) is 12.4 Å². The molecule has 1 saturated carbocycles. The zero-order valence-electron chi connectivity index (χ0n) is 13.6. The Morgan fingerprint density at radius 2 is 1.76 bits per heavy atom. The first-order valence-corrected chi connectivity index (χ1v) is 8.33. The molecule has 0 radical (unpaired) electrons. The average molecular weight is 318 g/mol. The van der Waals surface area contributed by atoms with Crippen molar-refractivity contribution in [2.45, 2.75) is 51.0 Å². The van der Waals surface area contributed by atoms with Gasteiger partial charge in [-0.1, -0.05) is 19.3 Å². The van der Waals surface area contributed by atoms with Gasteiger partial charge in [0.1, 0.15) is 0 Å². The van der Waals surface area contributed by atoms with Crippen LogP contribution in [0, 0.1) is 5.92 Å². The predicted molar refractivity (Wildman–Crippen MR) is 90.0 cm³/mol. The smallest absolute Gasteiger partial charge is 0.236 e. The van der Waals surface area contributed by atoms with Gasteiger partial charge in [0.15, 0.2) is 0 Å². The fourth-order valence-electron chi connectivity index (χ4n) is 3.61. The quantitative estimate of drug-likeness (QED) is 0.844. The molecule has 0 atom stereocenters. The summed E-state index contributed by atoms with van der Waals surface area (Å²) in [7, 11) is 4.03. The summed E-state index contributed by atoms with van der Waals surface area (Å²) in [6.45, 7) is 3.90. The Kier molecular flexibility index (Phi) is 8.60. The summed E-state index contributed by atoms with van der Waals surface area (Å²) in [5.74, 6) is 1.12. The number of piperidine rings is 1. The van der Waals surface area contributed by atoms with Crippen LogP contribution in [0.15, 0.2) is 0 Å². The number of amides is 1. The molecule has 1 amide bonds. The second-order valence-corrected chi connectivity index (χ2v) is 6.57. The molecule has 0 aromatic carbocycles. The number of carbonyl (C=O) groups excluding carboxylic acids is 1. The summed E-state index contributed by atoms with van der Waals surface area (Å²) < 4.78 is 0. The lowest BCUT2D eigenvalue weighted by atomic mass is 9.94. The third-order valence-corrected chi connectivity index (χ3v) is 5.07. The van der Waals surface area contributed by atoms with Crippen LogP contribution in [0.2, 0.25) is 0 Å². The van der Waals surface area contributed by atoms with E-state index in [2.05, 4.69) is 10.2 Å². The van der Waals surface area contributed by atoms with E-state index in [1.54, 1.807) is 0 Å². The SMILES string of the molecule is CNCC1CCN(CC(=O)N(C)C2CCCCC2)CC1.Cl. The molecule has 0 bridgehead atoms. The van der Waals surface area contributed by atoms with Crippen molar-refractivity contribution in [2.75, 3.05) is 40.3 Å². The first kappa shape index (κ1) is 18.7. The number of rotatable bonds is 5. The molecule has 0 unspecified atom stereocenters. The van der Waals surface area contributed by atoms with Gasteiger partial charge >= 0.3 is 0 Å². The Labute approximate surface area is 136 Å². The fraction of sp³-hybridized carbons (Fsp3) is 0.938. The largest absolute Gasteiger partial charge is 0.342 e. The van der Waals surface area contributed by atoms with Crippen molar-refractivity contribution < 1.29 is 4.79 Å². The van der Waals surface area contributed by atoms with Crippen LogP contribution in [0.5, 0.6) is 0 Å². The molecule has 4 nitrogen and oxygen atoms in total. The summed E-state index contributed by atoms with van der Waals surface area (Å²) in [6.07, 6.45) is 8.77. The summed E-state index contributed by atoms with van der Waals surface area (Å²) in [5, 5.41) is 3.26. The highest BCUT2D eigenvalue weighted by Gasteiger charge is 2.25. The van der Waals surface area contributed by atoms with Crippen LogP contribution >= 0.6 is 12.4 Å². The number of halogens is 1. The van der Waals surface area contributed by atoms with Crippen molar-refractivity contribution in [3.8, 4) is 0 Å². The highest BCUT2D eigenvalue weighted by molar-refractivity contribution is 5.85. The van der Waals surface area contributed by atoms with Crippen LogP contribution in [0.1, 0.15) is 44.9 Å². The topological polar surface area (TPSA) is 35.6 Å². The Morgan fingerprint density at radius 1 is 1.14 bits per heavy atom. The zero-order valence-corrected chi connectivity index (χ0v) is 14.5. The number of carbonyl (C=O) groups is 1. The van der Waals surface area contributed by atoms with Crippen LogP contribution in [-0.4, -0.2) is 62.0 Å². The van der Waals surface area contributed by atoms with Gasteiger partial charge in [0.25, 0.3) is 0 Å². The average Bonchev–Trinajstić information content (AvgIpc) is 2.49. The highest BCUT2D eigenvalue weighted by atomic mass is 35.5. The fourth-order valence-corrected chi connectivity index (χ4v) is 3.61. The summed E-state index contributed by atoms with van der Waals surface area (Å²) >= 11 is 0. The number of likely N-dealkylation sites (N-methyl/N-ethyl adjacent to an activating group) is 1. The molecular weight excluding hydrogens is 286 g/mol. The Hall–Kier alpha value is -0.320. The maximum Gasteiger partial charge on any atom is 0.236 e. The molecule has 1 saturated heterocycles. The lowest BCUT2D eigenvalue weighted by Gasteiger charge is -2.35. The van der Waals surface area contributed by atoms with E-state index in [9.17, 15) is 4.79 Å². The van der Waals surface area contributed by atoms with Gasteiger partial charge in [0.2, 0.25) is 5.91 Å². The molecule has 2 aliphatic rings. The van der Waals surface area contributed by atoms with Crippen molar-refractivity contribution in [1.82, 2.24) is 15.1 Å². The normalized spacial score (nSPS) is 21.8. The molecule has 1 N–H and O–H groups in total. The van der Waals surface area contributed by atoms with Crippen LogP contribution in [0.25, 0.3) is 0 Å². The molecular formula is C16H32ClN3O. The lowest BCUT2D eigenvalue weighted by Crippen LogP contribution is -2.46. The van der Waals surface area contributed by atoms with Gasteiger partial charge < -0.3 is 10.2 Å². The van der Waals surface area contributed by atoms with E-state index >= 15 is 0 Å². The van der Waals surface area contributed by atoms with Gasteiger partial charge in [-0.3, -0.25) is 9.69 Å². The molecule has 1 heterocycles. The second kappa shape index (κ2) is 9.65. The minimum absolute atomic E-state index is 0. The van der Waals surface area contributed by atoms with Crippen LogP contribution < -0.4 is 5.32 Å². The first-order chi connectivity index (χ1) is 9.70. The first-order valence-electron chi connectivity index (χ1n) is 8.33. The van der Waals surface area contributed by atoms with Gasteiger partial charge in [-0.25, -0.2) is 0 Å². The zero-order chi connectivity index (χ0) is 14.4.